The Bertz CT molecular complexity index is 537. The topological polar surface area (TPSA) is 37.8 Å². The van der Waals surface area contributed by atoms with Crippen LogP contribution in [0.25, 0.3) is 0 Å². The van der Waals surface area contributed by atoms with Gasteiger partial charge in [0.15, 0.2) is 0 Å². The molecule has 0 radical (unpaired) electrons. The first-order chi connectivity index (χ1) is 8.86. The van der Waals surface area contributed by atoms with Crippen molar-refractivity contribution in [3.05, 3.63) is 32.2 Å². The SMILES string of the molecule is Cc1csc(C(C)NCc2cnc(C(C)(C)C)s2)n1. The van der Waals surface area contributed by atoms with Crippen molar-refractivity contribution in [1.29, 1.82) is 0 Å². The summed E-state index contributed by atoms with van der Waals surface area (Å²) >= 11 is 3.51. The van der Waals surface area contributed by atoms with Crippen LogP contribution in [0.1, 0.15) is 54.3 Å². The zero-order valence-electron chi connectivity index (χ0n) is 12.2. The summed E-state index contributed by atoms with van der Waals surface area (Å²) < 4.78 is 0. The Morgan fingerprint density at radius 2 is 2.11 bits per heavy atom. The van der Waals surface area contributed by atoms with Crippen molar-refractivity contribution in [2.45, 2.75) is 52.6 Å². The molecule has 1 N–H and O–H groups in total. The van der Waals surface area contributed by atoms with Gasteiger partial charge < -0.3 is 5.32 Å². The zero-order chi connectivity index (χ0) is 14.0. The molecule has 0 amide bonds. The minimum atomic E-state index is 0.140. The van der Waals surface area contributed by atoms with Crippen molar-refractivity contribution in [1.82, 2.24) is 15.3 Å². The van der Waals surface area contributed by atoms with E-state index in [2.05, 4.69) is 48.4 Å². The molecule has 0 saturated carbocycles. The molecular weight excluding hydrogens is 274 g/mol. The summed E-state index contributed by atoms with van der Waals surface area (Å²) in [5.74, 6) is 0. The summed E-state index contributed by atoms with van der Waals surface area (Å²) in [6, 6.07) is 0.291. The minimum Gasteiger partial charge on any atom is -0.303 e. The molecule has 2 aromatic heterocycles. The summed E-state index contributed by atoms with van der Waals surface area (Å²) in [4.78, 5) is 10.3. The third kappa shape index (κ3) is 3.84. The van der Waals surface area contributed by atoms with Crippen molar-refractivity contribution in [3.8, 4) is 0 Å². The number of aromatic nitrogens is 2. The van der Waals surface area contributed by atoms with Crippen molar-refractivity contribution < 1.29 is 0 Å². The summed E-state index contributed by atoms with van der Waals surface area (Å²) in [5, 5.41) is 7.95. The summed E-state index contributed by atoms with van der Waals surface area (Å²) in [7, 11) is 0. The second-order valence-corrected chi connectivity index (χ2v) is 7.82. The third-order valence-electron chi connectivity index (χ3n) is 2.78. The predicted molar refractivity (Wildman–Crippen MR) is 82.9 cm³/mol. The van der Waals surface area contributed by atoms with E-state index in [4.69, 9.17) is 0 Å². The van der Waals surface area contributed by atoms with Crippen LogP contribution in [0.5, 0.6) is 0 Å². The Morgan fingerprint density at radius 1 is 1.37 bits per heavy atom. The van der Waals surface area contributed by atoms with Crippen molar-refractivity contribution in [3.63, 3.8) is 0 Å². The standard InChI is InChI=1S/C14H21N3S2/c1-9-8-18-12(17-9)10(2)15-6-11-7-16-13(19-11)14(3,4)5/h7-8,10,15H,6H2,1-5H3. The monoisotopic (exact) mass is 295 g/mol. The van der Waals surface area contributed by atoms with Crippen LogP contribution in [-0.4, -0.2) is 9.97 Å². The molecule has 2 rings (SSSR count). The Balaban J connectivity index is 1.94. The summed E-state index contributed by atoms with van der Waals surface area (Å²) in [6.45, 7) is 11.6. The maximum atomic E-state index is 4.51. The molecule has 0 aliphatic heterocycles. The van der Waals surface area contributed by atoms with Crippen LogP contribution in [0.2, 0.25) is 0 Å². The highest BCUT2D eigenvalue weighted by Crippen LogP contribution is 2.27. The Labute approximate surface area is 123 Å². The molecular formula is C14H21N3S2. The largest absolute Gasteiger partial charge is 0.303 e. The number of rotatable bonds is 4. The number of hydrogen-bond acceptors (Lipinski definition) is 5. The summed E-state index contributed by atoms with van der Waals surface area (Å²) in [6.07, 6.45) is 1.98. The van der Waals surface area contributed by atoms with Crippen LogP contribution in [0.3, 0.4) is 0 Å². The van der Waals surface area contributed by atoms with Crippen LogP contribution in [-0.2, 0) is 12.0 Å². The van der Waals surface area contributed by atoms with Gasteiger partial charge in [0.05, 0.1) is 11.0 Å². The molecule has 2 heterocycles. The molecule has 0 fully saturated rings. The quantitative estimate of drug-likeness (QED) is 0.924. The van der Waals surface area contributed by atoms with E-state index in [-0.39, 0.29) is 5.41 Å². The fourth-order valence-electron chi connectivity index (χ4n) is 1.65. The molecule has 1 unspecified atom stereocenters. The molecule has 0 spiro atoms. The maximum Gasteiger partial charge on any atom is 0.110 e. The van der Waals surface area contributed by atoms with Gasteiger partial charge in [0, 0.05) is 34.1 Å². The highest BCUT2D eigenvalue weighted by molar-refractivity contribution is 7.11. The number of aryl methyl sites for hydroxylation is 1. The van der Waals surface area contributed by atoms with Crippen LogP contribution in [0, 0.1) is 6.92 Å². The lowest BCUT2D eigenvalue weighted by Gasteiger charge is -2.13. The van der Waals surface area contributed by atoms with Crippen molar-refractivity contribution >= 4 is 22.7 Å². The molecule has 2 aromatic rings. The Kier molecular flexibility index (Phi) is 4.38. The number of hydrogen-bond donors (Lipinski definition) is 1. The first-order valence-corrected chi connectivity index (χ1v) is 8.16. The van der Waals surface area contributed by atoms with Crippen LogP contribution >= 0.6 is 22.7 Å². The first-order valence-electron chi connectivity index (χ1n) is 6.47. The molecule has 0 aromatic carbocycles. The first kappa shape index (κ1) is 14.6. The number of nitrogens with one attached hydrogen (secondary N) is 1. The Hall–Kier alpha value is -0.780. The fraction of sp³-hybridized carbons (Fsp3) is 0.571. The van der Waals surface area contributed by atoms with E-state index in [9.17, 15) is 0 Å². The number of thiazole rings is 2. The van der Waals surface area contributed by atoms with E-state index in [0.29, 0.717) is 6.04 Å². The van der Waals surface area contributed by atoms with E-state index < -0.39 is 0 Å². The van der Waals surface area contributed by atoms with Gasteiger partial charge in [-0.25, -0.2) is 9.97 Å². The van der Waals surface area contributed by atoms with E-state index in [1.807, 2.05) is 13.1 Å². The van der Waals surface area contributed by atoms with E-state index >= 15 is 0 Å². The van der Waals surface area contributed by atoms with Crippen molar-refractivity contribution in [2.24, 2.45) is 0 Å². The van der Waals surface area contributed by atoms with Gasteiger partial charge in [-0.05, 0) is 13.8 Å². The lowest BCUT2D eigenvalue weighted by Crippen LogP contribution is -2.17. The van der Waals surface area contributed by atoms with E-state index in [0.717, 1.165) is 17.2 Å². The van der Waals surface area contributed by atoms with Crippen LogP contribution in [0.15, 0.2) is 11.6 Å². The molecule has 104 valence electrons. The Morgan fingerprint density at radius 3 is 2.63 bits per heavy atom. The average molecular weight is 295 g/mol. The van der Waals surface area contributed by atoms with Crippen molar-refractivity contribution in [2.75, 3.05) is 0 Å². The minimum absolute atomic E-state index is 0.140. The lowest BCUT2D eigenvalue weighted by molar-refractivity contribution is 0.574. The molecule has 0 aliphatic carbocycles. The third-order valence-corrected chi connectivity index (χ3v) is 5.35. The lowest BCUT2D eigenvalue weighted by atomic mass is 9.98. The van der Waals surface area contributed by atoms with E-state index in [1.54, 1.807) is 22.7 Å². The normalized spacial score (nSPS) is 13.7. The smallest absolute Gasteiger partial charge is 0.110 e. The van der Waals surface area contributed by atoms with Gasteiger partial charge in [-0.15, -0.1) is 22.7 Å². The van der Waals surface area contributed by atoms with Gasteiger partial charge in [-0.1, -0.05) is 20.8 Å². The molecule has 5 heteroatoms. The second-order valence-electron chi connectivity index (χ2n) is 5.81. The molecule has 0 saturated heterocycles. The van der Waals surface area contributed by atoms with Gasteiger partial charge in [-0.3, -0.25) is 0 Å². The molecule has 0 aliphatic rings. The molecule has 19 heavy (non-hydrogen) atoms. The van der Waals surface area contributed by atoms with Gasteiger partial charge >= 0.3 is 0 Å². The highest BCUT2D eigenvalue weighted by Gasteiger charge is 2.18. The molecule has 0 bridgehead atoms. The highest BCUT2D eigenvalue weighted by atomic mass is 32.1. The summed E-state index contributed by atoms with van der Waals surface area (Å²) in [5.41, 5.74) is 1.24. The zero-order valence-corrected chi connectivity index (χ0v) is 13.8. The van der Waals surface area contributed by atoms with Gasteiger partial charge in [0.25, 0.3) is 0 Å². The van der Waals surface area contributed by atoms with Gasteiger partial charge in [0.2, 0.25) is 0 Å². The van der Waals surface area contributed by atoms with Gasteiger partial charge in [-0.2, -0.15) is 0 Å². The van der Waals surface area contributed by atoms with E-state index in [1.165, 1.54) is 9.88 Å². The van der Waals surface area contributed by atoms with Crippen LogP contribution < -0.4 is 5.32 Å². The second kappa shape index (κ2) is 5.69. The maximum absolute atomic E-state index is 4.51. The fourth-order valence-corrected chi connectivity index (χ4v) is 3.40. The average Bonchev–Trinajstić information content (AvgIpc) is 2.93. The molecule has 3 nitrogen and oxygen atoms in total. The molecule has 1 atom stereocenters. The van der Waals surface area contributed by atoms with Gasteiger partial charge in [0.1, 0.15) is 5.01 Å². The number of nitrogens with zero attached hydrogens (tertiary/aromatic N) is 2. The predicted octanol–water partition coefficient (Wildman–Crippen LogP) is 4.06. The van der Waals surface area contributed by atoms with Crippen LogP contribution in [0.4, 0.5) is 0 Å².